The predicted molar refractivity (Wildman–Crippen MR) is 111 cm³/mol. The minimum atomic E-state index is -1.49. The first-order valence-electron chi connectivity index (χ1n) is 9.47. The Morgan fingerprint density at radius 2 is 1.75 bits per heavy atom. The molecule has 0 heterocycles. The summed E-state index contributed by atoms with van der Waals surface area (Å²) < 4.78 is 19.1. The van der Waals surface area contributed by atoms with E-state index in [0.717, 1.165) is 6.07 Å². The summed E-state index contributed by atoms with van der Waals surface area (Å²) in [6.07, 6.45) is -0.525. The molecule has 0 radical (unpaired) electrons. The van der Waals surface area contributed by atoms with E-state index in [0.29, 0.717) is 0 Å². The molecule has 2 aromatic carbocycles. The van der Waals surface area contributed by atoms with E-state index in [4.69, 9.17) is 4.74 Å². The fourth-order valence-electron chi connectivity index (χ4n) is 3.07. The summed E-state index contributed by atoms with van der Waals surface area (Å²) in [5.41, 5.74) is 0.0835. The van der Waals surface area contributed by atoms with E-state index < -0.39 is 40.6 Å². The van der Waals surface area contributed by atoms with Crippen molar-refractivity contribution in [3.05, 3.63) is 69.5 Å². The molecule has 0 bridgehead atoms. The van der Waals surface area contributed by atoms with Gasteiger partial charge >= 0.3 is 5.97 Å². The summed E-state index contributed by atoms with van der Waals surface area (Å²) in [6, 6.07) is 6.64. The van der Waals surface area contributed by atoms with Crippen LogP contribution >= 0.6 is 0 Å². The van der Waals surface area contributed by atoms with E-state index >= 15 is 0 Å². The number of carboxylic acid groups (broad SMARTS) is 1. The van der Waals surface area contributed by atoms with Gasteiger partial charge in [-0.2, -0.15) is 0 Å². The van der Waals surface area contributed by atoms with Crippen LogP contribution in [0.3, 0.4) is 0 Å². The summed E-state index contributed by atoms with van der Waals surface area (Å²) in [5, 5.41) is 25.3. The van der Waals surface area contributed by atoms with Gasteiger partial charge in [0.05, 0.1) is 12.0 Å². The van der Waals surface area contributed by atoms with Crippen molar-refractivity contribution >= 4 is 23.5 Å². The van der Waals surface area contributed by atoms with Gasteiger partial charge in [-0.25, -0.2) is 9.18 Å². The number of carbonyl (C=O) groups is 3. The fraction of sp³-hybridized carbons (Fsp3) is 0.286. The van der Waals surface area contributed by atoms with Crippen LogP contribution in [0.4, 0.5) is 10.1 Å². The topological polar surface area (TPSA) is 148 Å². The quantitative estimate of drug-likeness (QED) is 0.370. The SMILES string of the molecule is COc1ccc([N+](=O)[O-])cc1C[C@H](NC(=O)[C@@H](Cc1ccccc1F)NC(C)=O)C(=O)O. The lowest BCUT2D eigenvalue weighted by molar-refractivity contribution is -0.384. The van der Waals surface area contributed by atoms with Crippen LogP contribution in [0.25, 0.3) is 0 Å². The normalized spacial score (nSPS) is 12.3. The number of methoxy groups -OCH3 is 1. The highest BCUT2D eigenvalue weighted by Gasteiger charge is 2.28. The molecular formula is C21H22FN3O7. The van der Waals surface area contributed by atoms with Crippen LogP contribution in [0.5, 0.6) is 5.75 Å². The van der Waals surface area contributed by atoms with Crippen molar-refractivity contribution < 1.29 is 33.5 Å². The summed E-state index contributed by atoms with van der Waals surface area (Å²) in [6.45, 7) is 1.17. The Morgan fingerprint density at radius 1 is 1.09 bits per heavy atom. The number of nitro groups is 1. The molecule has 2 rings (SSSR count). The molecule has 0 fully saturated rings. The van der Waals surface area contributed by atoms with Crippen molar-refractivity contribution in [1.82, 2.24) is 10.6 Å². The Kier molecular flexibility index (Phi) is 8.22. The number of amides is 2. The minimum absolute atomic E-state index is 0.161. The number of nitrogens with one attached hydrogen (secondary N) is 2. The highest BCUT2D eigenvalue weighted by Crippen LogP contribution is 2.25. The molecule has 10 nitrogen and oxygen atoms in total. The Balaban J connectivity index is 2.26. The summed E-state index contributed by atoms with van der Waals surface area (Å²) in [7, 11) is 1.32. The van der Waals surface area contributed by atoms with Crippen molar-refractivity contribution in [1.29, 1.82) is 0 Å². The third-order valence-electron chi connectivity index (χ3n) is 4.59. The number of nitrogens with zero attached hydrogens (tertiary/aromatic N) is 1. The van der Waals surface area contributed by atoms with Gasteiger partial charge in [0.1, 0.15) is 23.7 Å². The summed E-state index contributed by atoms with van der Waals surface area (Å²) >= 11 is 0. The molecule has 2 aromatic rings. The molecule has 0 saturated heterocycles. The van der Waals surface area contributed by atoms with Gasteiger partial charge in [0, 0.05) is 37.5 Å². The zero-order chi connectivity index (χ0) is 23.8. The number of hydrogen-bond donors (Lipinski definition) is 3. The van der Waals surface area contributed by atoms with Crippen LogP contribution in [0.1, 0.15) is 18.1 Å². The number of rotatable bonds is 10. The van der Waals surface area contributed by atoms with Crippen LogP contribution in [0.15, 0.2) is 42.5 Å². The van der Waals surface area contributed by atoms with Gasteiger partial charge < -0.3 is 20.5 Å². The van der Waals surface area contributed by atoms with Gasteiger partial charge in [0.25, 0.3) is 5.69 Å². The molecule has 170 valence electrons. The van der Waals surface area contributed by atoms with Crippen LogP contribution in [0, 0.1) is 15.9 Å². The number of hydrogen-bond acceptors (Lipinski definition) is 6. The van der Waals surface area contributed by atoms with Crippen LogP contribution in [-0.4, -0.2) is 47.0 Å². The number of nitro benzene ring substituents is 1. The lowest BCUT2D eigenvalue weighted by Crippen LogP contribution is -2.52. The molecule has 0 aliphatic rings. The average molecular weight is 447 g/mol. The lowest BCUT2D eigenvalue weighted by Gasteiger charge is -2.22. The first-order valence-corrected chi connectivity index (χ1v) is 9.47. The molecular weight excluding hydrogens is 425 g/mol. The fourth-order valence-corrected chi connectivity index (χ4v) is 3.07. The molecule has 3 N–H and O–H groups in total. The zero-order valence-corrected chi connectivity index (χ0v) is 17.3. The maximum atomic E-state index is 14.0. The zero-order valence-electron chi connectivity index (χ0n) is 17.3. The van der Waals surface area contributed by atoms with Crippen molar-refractivity contribution in [2.24, 2.45) is 0 Å². The van der Waals surface area contributed by atoms with Crippen molar-refractivity contribution in [2.45, 2.75) is 31.8 Å². The van der Waals surface area contributed by atoms with Gasteiger partial charge in [0.15, 0.2) is 0 Å². The first-order chi connectivity index (χ1) is 15.1. The molecule has 0 unspecified atom stereocenters. The predicted octanol–water partition coefficient (Wildman–Crippen LogP) is 1.60. The number of ether oxygens (including phenoxy) is 1. The molecule has 0 spiro atoms. The van der Waals surface area contributed by atoms with E-state index in [-0.39, 0.29) is 35.4 Å². The monoisotopic (exact) mass is 447 g/mol. The van der Waals surface area contributed by atoms with Gasteiger partial charge in [-0.15, -0.1) is 0 Å². The van der Waals surface area contributed by atoms with Crippen molar-refractivity contribution in [3.63, 3.8) is 0 Å². The minimum Gasteiger partial charge on any atom is -0.496 e. The van der Waals surface area contributed by atoms with E-state index in [1.165, 1.54) is 44.4 Å². The molecule has 11 heteroatoms. The van der Waals surface area contributed by atoms with Gasteiger partial charge in [0.2, 0.25) is 11.8 Å². The molecule has 0 aliphatic heterocycles. The summed E-state index contributed by atoms with van der Waals surface area (Å²) in [4.78, 5) is 46.5. The maximum Gasteiger partial charge on any atom is 0.326 e. The Labute approximate surface area is 182 Å². The largest absolute Gasteiger partial charge is 0.496 e. The highest BCUT2D eigenvalue weighted by atomic mass is 19.1. The number of aliphatic carboxylic acids is 1. The van der Waals surface area contributed by atoms with E-state index in [2.05, 4.69) is 10.6 Å². The standard InChI is InChI=1S/C21H22FN3O7/c1-12(26)23-17(10-13-5-3-4-6-16(13)22)20(27)24-18(21(28)29)11-14-9-15(25(30)31)7-8-19(14)32-2/h3-9,17-18H,10-11H2,1-2H3,(H,23,26)(H,24,27)(H,28,29)/t17-,18+/m1/s1. The smallest absolute Gasteiger partial charge is 0.326 e. The Morgan fingerprint density at radius 3 is 2.31 bits per heavy atom. The second-order valence-corrected chi connectivity index (χ2v) is 6.91. The van der Waals surface area contributed by atoms with Crippen LogP contribution < -0.4 is 15.4 Å². The number of carbonyl (C=O) groups excluding carboxylic acids is 2. The summed E-state index contributed by atoms with van der Waals surface area (Å²) in [5.74, 6) is -3.18. The third-order valence-corrected chi connectivity index (χ3v) is 4.59. The van der Waals surface area contributed by atoms with Crippen molar-refractivity contribution in [3.8, 4) is 5.75 Å². The molecule has 2 atom stereocenters. The lowest BCUT2D eigenvalue weighted by atomic mass is 10.0. The van der Waals surface area contributed by atoms with E-state index in [1.807, 2.05) is 0 Å². The second-order valence-electron chi connectivity index (χ2n) is 6.91. The van der Waals surface area contributed by atoms with Crippen LogP contribution in [0.2, 0.25) is 0 Å². The van der Waals surface area contributed by atoms with Gasteiger partial charge in [-0.05, 0) is 17.7 Å². The molecule has 2 amide bonds. The number of non-ortho nitro benzene ring substituents is 1. The highest BCUT2D eigenvalue weighted by molar-refractivity contribution is 5.90. The van der Waals surface area contributed by atoms with E-state index in [9.17, 15) is 34.0 Å². The van der Waals surface area contributed by atoms with E-state index in [1.54, 1.807) is 6.07 Å². The second kappa shape index (κ2) is 10.8. The van der Waals surface area contributed by atoms with Crippen molar-refractivity contribution in [2.75, 3.05) is 7.11 Å². The molecule has 0 saturated carbocycles. The van der Waals surface area contributed by atoms with Gasteiger partial charge in [-0.3, -0.25) is 19.7 Å². The molecule has 0 aromatic heterocycles. The van der Waals surface area contributed by atoms with Gasteiger partial charge in [-0.1, -0.05) is 18.2 Å². The first kappa shape index (κ1) is 24.3. The number of carboxylic acids is 1. The Hall–Kier alpha value is -4.02. The number of benzene rings is 2. The Bertz CT molecular complexity index is 1030. The third kappa shape index (κ3) is 6.49. The molecule has 32 heavy (non-hydrogen) atoms. The van der Waals surface area contributed by atoms with Crippen LogP contribution in [-0.2, 0) is 27.2 Å². The number of halogens is 1. The molecule has 0 aliphatic carbocycles. The maximum absolute atomic E-state index is 14.0. The average Bonchev–Trinajstić information content (AvgIpc) is 2.73.